The third-order valence-corrected chi connectivity index (χ3v) is 2.42. The van der Waals surface area contributed by atoms with E-state index in [-0.39, 0.29) is 11.6 Å². The van der Waals surface area contributed by atoms with Gasteiger partial charge in [-0.1, -0.05) is 0 Å². The van der Waals surface area contributed by atoms with Crippen LogP contribution in [0.3, 0.4) is 0 Å². The monoisotopic (exact) mass is 196 g/mol. The summed E-state index contributed by atoms with van der Waals surface area (Å²) in [6, 6.07) is 3.82. The lowest BCUT2D eigenvalue weighted by atomic mass is 9.93. The van der Waals surface area contributed by atoms with Crippen LogP contribution < -0.4 is 5.32 Å². The molecule has 4 nitrogen and oxygen atoms in total. The molecule has 0 aliphatic carbocycles. The predicted molar refractivity (Wildman–Crippen MR) is 48.7 cm³/mol. The first-order chi connectivity index (χ1) is 6.68. The summed E-state index contributed by atoms with van der Waals surface area (Å²) in [6.45, 7) is 1.49. The number of halogens is 1. The maximum Gasteiger partial charge on any atom is 0.272 e. The van der Waals surface area contributed by atoms with Crippen LogP contribution in [0, 0.1) is 15.9 Å². The lowest BCUT2D eigenvalue weighted by Crippen LogP contribution is -2.40. The minimum atomic E-state index is -0.591. The Balaban J connectivity index is 2.30. The van der Waals surface area contributed by atoms with Crippen molar-refractivity contribution in [1.29, 1.82) is 0 Å². The van der Waals surface area contributed by atoms with Gasteiger partial charge in [-0.3, -0.25) is 10.1 Å². The number of non-ortho nitro benzene ring substituents is 1. The quantitative estimate of drug-likeness (QED) is 0.575. The van der Waals surface area contributed by atoms with Gasteiger partial charge in [-0.15, -0.1) is 0 Å². The molecular formula is C9H9FN2O2. The van der Waals surface area contributed by atoms with Crippen LogP contribution in [-0.2, 0) is 0 Å². The molecule has 0 aromatic heterocycles. The van der Waals surface area contributed by atoms with Crippen LogP contribution in [0.5, 0.6) is 0 Å². The van der Waals surface area contributed by atoms with E-state index in [0.717, 1.165) is 19.2 Å². The van der Waals surface area contributed by atoms with E-state index < -0.39 is 10.7 Å². The number of nitro groups is 1. The number of hydrogen-bond donors (Lipinski definition) is 1. The number of rotatable bonds is 2. The van der Waals surface area contributed by atoms with Crippen molar-refractivity contribution in [2.45, 2.75) is 5.92 Å². The molecule has 0 saturated carbocycles. The number of benzene rings is 1. The van der Waals surface area contributed by atoms with E-state index >= 15 is 0 Å². The van der Waals surface area contributed by atoms with Crippen molar-refractivity contribution in [1.82, 2.24) is 5.32 Å². The highest BCUT2D eigenvalue weighted by molar-refractivity contribution is 5.36. The van der Waals surface area contributed by atoms with Crippen molar-refractivity contribution in [2.24, 2.45) is 0 Å². The predicted octanol–water partition coefficient (Wildman–Crippen LogP) is 1.42. The van der Waals surface area contributed by atoms with Crippen molar-refractivity contribution < 1.29 is 9.31 Å². The van der Waals surface area contributed by atoms with Crippen molar-refractivity contribution in [2.75, 3.05) is 13.1 Å². The fourth-order valence-electron chi connectivity index (χ4n) is 1.47. The Morgan fingerprint density at radius 3 is 2.64 bits per heavy atom. The molecule has 2 rings (SSSR count). The molecular weight excluding hydrogens is 187 g/mol. The van der Waals surface area contributed by atoms with Crippen LogP contribution in [0.4, 0.5) is 10.1 Å². The standard InChI is InChI=1S/C9H9FN2O2/c10-9-3-7(12(13)14)1-2-8(9)6-4-11-5-6/h1-3,6,11H,4-5H2. The highest BCUT2D eigenvalue weighted by atomic mass is 19.1. The van der Waals surface area contributed by atoms with E-state index in [1.54, 1.807) is 0 Å². The summed E-state index contributed by atoms with van der Waals surface area (Å²) in [6.07, 6.45) is 0. The van der Waals surface area contributed by atoms with E-state index in [2.05, 4.69) is 5.32 Å². The van der Waals surface area contributed by atoms with Crippen molar-refractivity contribution in [3.05, 3.63) is 39.7 Å². The third-order valence-electron chi connectivity index (χ3n) is 2.42. The number of nitrogens with one attached hydrogen (secondary N) is 1. The van der Waals surface area contributed by atoms with E-state index in [9.17, 15) is 14.5 Å². The van der Waals surface area contributed by atoms with Crippen molar-refractivity contribution in [3.8, 4) is 0 Å². The summed E-state index contributed by atoms with van der Waals surface area (Å²) in [5.41, 5.74) is 0.368. The largest absolute Gasteiger partial charge is 0.315 e. The van der Waals surface area contributed by atoms with Crippen molar-refractivity contribution in [3.63, 3.8) is 0 Å². The van der Waals surface area contributed by atoms with Gasteiger partial charge in [0.05, 0.1) is 11.0 Å². The Kier molecular flexibility index (Phi) is 2.17. The summed E-state index contributed by atoms with van der Waals surface area (Å²) in [7, 11) is 0. The first-order valence-electron chi connectivity index (χ1n) is 4.33. The van der Waals surface area contributed by atoms with Crippen LogP contribution in [-0.4, -0.2) is 18.0 Å². The van der Waals surface area contributed by atoms with E-state index in [1.165, 1.54) is 12.1 Å². The fraction of sp³-hybridized carbons (Fsp3) is 0.333. The molecule has 0 atom stereocenters. The van der Waals surface area contributed by atoms with E-state index in [1.807, 2.05) is 0 Å². The second-order valence-corrected chi connectivity index (χ2v) is 3.32. The molecule has 74 valence electrons. The van der Waals surface area contributed by atoms with Crippen molar-refractivity contribution >= 4 is 5.69 Å². The Bertz CT molecular complexity index is 377. The van der Waals surface area contributed by atoms with Crippen LogP contribution in [0.1, 0.15) is 11.5 Å². The van der Waals surface area contributed by atoms with Crippen LogP contribution in [0.25, 0.3) is 0 Å². The third kappa shape index (κ3) is 1.46. The van der Waals surface area contributed by atoms with Crippen LogP contribution >= 0.6 is 0 Å². The highest BCUT2D eigenvalue weighted by Crippen LogP contribution is 2.25. The second-order valence-electron chi connectivity index (χ2n) is 3.32. The molecule has 1 heterocycles. The lowest BCUT2D eigenvalue weighted by molar-refractivity contribution is -0.385. The Morgan fingerprint density at radius 1 is 1.50 bits per heavy atom. The summed E-state index contributed by atoms with van der Waals surface area (Å²) in [5.74, 6) is -0.318. The molecule has 1 aromatic rings. The van der Waals surface area contributed by atoms with Gasteiger partial charge in [0.1, 0.15) is 5.82 Å². The normalized spacial score (nSPS) is 16.4. The first kappa shape index (κ1) is 9.08. The molecule has 0 radical (unpaired) electrons. The van der Waals surface area contributed by atoms with E-state index in [4.69, 9.17) is 0 Å². The van der Waals surface area contributed by atoms with Gasteiger partial charge in [0, 0.05) is 25.1 Å². The Morgan fingerprint density at radius 2 is 2.21 bits per heavy atom. The van der Waals surface area contributed by atoms with Gasteiger partial charge in [0.2, 0.25) is 0 Å². The zero-order chi connectivity index (χ0) is 10.1. The number of hydrogen-bond acceptors (Lipinski definition) is 3. The molecule has 0 bridgehead atoms. The molecule has 1 aromatic carbocycles. The van der Waals surface area contributed by atoms with Gasteiger partial charge < -0.3 is 5.32 Å². The summed E-state index contributed by atoms with van der Waals surface area (Å²) in [4.78, 5) is 9.75. The Labute approximate surface area is 79.9 Å². The zero-order valence-corrected chi connectivity index (χ0v) is 7.37. The maximum atomic E-state index is 13.3. The molecule has 14 heavy (non-hydrogen) atoms. The molecule has 0 amide bonds. The molecule has 1 saturated heterocycles. The molecule has 0 spiro atoms. The Hall–Kier alpha value is -1.49. The average molecular weight is 196 g/mol. The zero-order valence-electron chi connectivity index (χ0n) is 7.37. The smallest absolute Gasteiger partial charge is 0.272 e. The van der Waals surface area contributed by atoms with E-state index in [0.29, 0.717) is 5.56 Å². The average Bonchev–Trinajstić information content (AvgIpc) is 2.04. The van der Waals surface area contributed by atoms with Crippen LogP contribution in [0.2, 0.25) is 0 Å². The number of nitro benzene ring substituents is 1. The second kappa shape index (κ2) is 3.34. The summed E-state index contributed by atoms with van der Waals surface area (Å²) in [5, 5.41) is 13.4. The van der Waals surface area contributed by atoms with Gasteiger partial charge in [-0.25, -0.2) is 4.39 Å². The van der Waals surface area contributed by atoms with Gasteiger partial charge in [0.15, 0.2) is 0 Å². The highest BCUT2D eigenvalue weighted by Gasteiger charge is 2.23. The SMILES string of the molecule is O=[N+]([O-])c1ccc(C2CNC2)c(F)c1. The first-order valence-corrected chi connectivity index (χ1v) is 4.33. The van der Waals surface area contributed by atoms with Gasteiger partial charge in [-0.05, 0) is 11.6 Å². The molecule has 1 aliphatic heterocycles. The minimum absolute atomic E-state index is 0.163. The molecule has 1 N–H and O–H groups in total. The molecule has 0 unspecified atom stereocenters. The molecule has 1 aliphatic rings. The van der Waals surface area contributed by atoms with Gasteiger partial charge in [-0.2, -0.15) is 0 Å². The summed E-state index contributed by atoms with van der Waals surface area (Å²) < 4.78 is 13.3. The molecule has 5 heteroatoms. The fourth-order valence-corrected chi connectivity index (χ4v) is 1.47. The topological polar surface area (TPSA) is 55.2 Å². The van der Waals surface area contributed by atoms with Gasteiger partial charge in [0.25, 0.3) is 5.69 Å². The molecule has 1 fully saturated rings. The number of nitrogens with zero attached hydrogens (tertiary/aromatic N) is 1. The lowest BCUT2D eigenvalue weighted by Gasteiger charge is -2.27. The van der Waals surface area contributed by atoms with Crippen LogP contribution in [0.15, 0.2) is 18.2 Å². The minimum Gasteiger partial charge on any atom is -0.315 e. The maximum absolute atomic E-state index is 13.3. The van der Waals surface area contributed by atoms with Gasteiger partial charge >= 0.3 is 0 Å². The summed E-state index contributed by atoms with van der Waals surface area (Å²) >= 11 is 0.